The van der Waals surface area contributed by atoms with Crippen molar-refractivity contribution in [2.24, 2.45) is 7.05 Å². The van der Waals surface area contributed by atoms with Crippen molar-refractivity contribution in [3.05, 3.63) is 33.9 Å². The minimum atomic E-state index is -1.15. The van der Waals surface area contributed by atoms with Gasteiger partial charge in [0.05, 0.1) is 11.8 Å². The van der Waals surface area contributed by atoms with E-state index in [0.717, 1.165) is 10.9 Å². The monoisotopic (exact) mass is 251 g/mol. The van der Waals surface area contributed by atoms with Crippen molar-refractivity contribution in [1.29, 1.82) is 0 Å². The van der Waals surface area contributed by atoms with Crippen LogP contribution in [0.4, 0.5) is 5.82 Å². The molecule has 1 N–H and O–H groups in total. The number of nitro groups is 1. The topological polar surface area (TPSA) is 116 Å². The number of carboxylic acid groups (broad SMARTS) is 1. The maximum Gasteiger partial charge on any atom is 0.409 e. The number of carbonyl (C=O) groups is 1. The lowest BCUT2D eigenvalue weighted by Crippen LogP contribution is -2.05. The summed E-state index contributed by atoms with van der Waals surface area (Å²) in [6.45, 7) is 1.61. The number of aromatic carboxylic acids is 1. The lowest BCUT2D eigenvalue weighted by atomic mass is 10.4. The number of imidazole rings is 1. The molecule has 2 heterocycles. The highest BCUT2D eigenvalue weighted by Gasteiger charge is 2.26. The van der Waals surface area contributed by atoms with E-state index in [-0.39, 0.29) is 17.2 Å². The van der Waals surface area contributed by atoms with Crippen LogP contribution in [0.5, 0.6) is 0 Å². The molecule has 2 rings (SSSR count). The Labute approximate surface area is 100 Å². The van der Waals surface area contributed by atoms with Crippen LogP contribution in [0.25, 0.3) is 5.82 Å². The molecule has 94 valence electrons. The number of carboxylic acids is 1. The van der Waals surface area contributed by atoms with E-state index in [9.17, 15) is 14.9 Å². The molecule has 9 nitrogen and oxygen atoms in total. The fraction of sp³-hybridized carbons (Fsp3) is 0.222. The van der Waals surface area contributed by atoms with Gasteiger partial charge >= 0.3 is 11.8 Å². The zero-order valence-corrected chi connectivity index (χ0v) is 9.56. The van der Waals surface area contributed by atoms with Crippen LogP contribution in [0.1, 0.15) is 16.2 Å². The molecule has 0 aromatic carbocycles. The number of hydrogen-bond acceptors (Lipinski definition) is 5. The average Bonchev–Trinajstić information content (AvgIpc) is 2.85. The van der Waals surface area contributed by atoms with Crippen molar-refractivity contribution in [2.75, 3.05) is 0 Å². The Hall–Kier alpha value is -2.71. The molecule has 0 unspecified atom stereocenters. The molecule has 9 heteroatoms. The molecule has 18 heavy (non-hydrogen) atoms. The van der Waals surface area contributed by atoms with Crippen molar-refractivity contribution in [2.45, 2.75) is 6.92 Å². The molecule has 0 aliphatic heterocycles. The van der Waals surface area contributed by atoms with Gasteiger partial charge in [0, 0.05) is 20.2 Å². The quantitative estimate of drug-likeness (QED) is 0.627. The summed E-state index contributed by atoms with van der Waals surface area (Å²) in [6, 6.07) is 0. The maximum absolute atomic E-state index is 10.9. The Bertz CT molecular complexity index is 641. The molecule has 0 saturated heterocycles. The van der Waals surface area contributed by atoms with Gasteiger partial charge in [0.15, 0.2) is 0 Å². The highest BCUT2D eigenvalue weighted by molar-refractivity contribution is 5.87. The molecular formula is C9H9N5O4. The van der Waals surface area contributed by atoms with Gasteiger partial charge in [-0.2, -0.15) is 5.10 Å². The Kier molecular flexibility index (Phi) is 2.58. The molecule has 0 aliphatic carbocycles. The molecular weight excluding hydrogens is 242 g/mol. The van der Waals surface area contributed by atoms with Crippen LogP contribution in [0.3, 0.4) is 0 Å². The highest BCUT2D eigenvalue weighted by atomic mass is 16.6. The summed E-state index contributed by atoms with van der Waals surface area (Å²) < 4.78 is 2.60. The van der Waals surface area contributed by atoms with Gasteiger partial charge in [-0.1, -0.05) is 0 Å². The Morgan fingerprint density at radius 3 is 2.72 bits per heavy atom. The third-order valence-electron chi connectivity index (χ3n) is 2.49. The van der Waals surface area contributed by atoms with Crippen LogP contribution in [-0.4, -0.2) is 35.3 Å². The molecule has 0 spiro atoms. The van der Waals surface area contributed by atoms with Gasteiger partial charge < -0.3 is 15.2 Å². The fourth-order valence-corrected chi connectivity index (χ4v) is 1.51. The first-order valence-corrected chi connectivity index (χ1v) is 4.88. The lowest BCUT2D eigenvalue weighted by molar-refractivity contribution is -0.389. The smallest absolute Gasteiger partial charge is 0.409 e. The Morgan fingerprint density at radius 2 is 2.22 bits per heavy atom. The first kappa shape index (κ1) is 11.8. The van der Waals surface area contributed by atoms with E-state index in [2.05, 4.69) is 10.1 Å². The van der Waals surface area contributed by atoms with E-state index >= 15 is 0 Å². The molecule has 0 amide bonds. The number of nitrogens with zero attached hydrogens (tertiary/aromatic N) is 5. The summed E-state index contributed by atoms with van der Waals surface area (Å²) >= 11 is 0. The summed E-state index contributed by atoms with van der Waals surface area (Å²) in [5.74, 6) is -0.966. The van der Waals surface area contributed by atoms with E-state index < -0.39 is 10.9 Å². The van der Waals surface area contributed by atoms with E-state index in [1.807, 2.05) is 0 Å². The molecule has 0 aliphatic rings. The molecule has 0 saturated carbocycles. The molecule has 0 fully saturated rings. The zero-order valence-electron chi connectivity index (χ0n) is 9.56. The second kappa shape index (κ2) is 3.95. The number of rotatable bonds is 3. The van der Waals surface area contributed by atoms with Crippen LogP contribution >= 0.6 is 0 Å². The van der Waals surface area contributed by atoms with Crippen molar-refractivity contribution in [3.63, 3.8) is 0 Å². The van der Waals surface area contributed by atoms with Gasteiger partial charge in [0.25, 0.3) is 0 Å². The van der Waals surface area contributed by atoms with Gasteiger partial charge in [-0.3, -0.25) is 4.57 Å². The van der Waals surface area contributed by atoms with E-state index in [1.165, 1.54) is 10.8 Å². The minimum Gasteiger partial charge on any atom is -0.478 e. The second-order valence-corrected chi connectivity index (χ2v) is 3.60. The van der Waals surface area contributed by atoms with E-state index in [4.69, 9.17) is 5.11 Å². The Balaban J connectivity index is 2.62. The van der Waals surface area contributed by atoms with E-state index in [1.54, 1.807) is 14.0 Å². The third-order valence-corrected chi connectivity index (χ3v) is 2.49. The average molecular weight is 251 g/mol. The van der Waals surface area contributed by atoms with Gasteiger partial charge in [-0.15, -0.1) is 0 Å². The molecule has 2 aromatic heterocycles. The minimum absolute atomic E-state index is 0.0526. The predicted molar refractivity (Wildman–Crippen MR) is 58.7 cm³/mol. The molecule has 0 radical (unpaired) electrons. The number of aromatic nitrogens is 4. The van der Waals surface area contributed by atoms with Crippen LogP contribution in [0.15, 0.2) is 12.4 Å². The van der Waals surface area contributed by atoms with Crippen LogP contribution in [-0.2, 0) is 7.05 Å². The SMILES string of the molecule is Cc1nc([N+](=O)[O-])c(-n2cc(C(=O)O)cn2)n1C. The van der Waals surface area contributed by atoms with Crippen LogP contribution in [0, 0.1) is 17.0 Å². The van der Waals surface area contributed by atoms with Crippen molar-refractivity contribution < 1.29 is 14.8 Å². The van der Waals surface area contributed by atoms with Gasteiger partial charge in [-0.25, -0.2) is 9.48 Å². The lowest BCUT2D eigenvalue weighted by Gasteiger charge is -2.01. The van der Waals surface area contributed by atoms with Crippen molar-refractivity contribution in [3.8, 4) is 5.82 Å². The third kappa shape index (κ3) is 1.71. The van der Waals surface area contributed by atoms with Crippen molar-refractivity contribution >= 4 is 11.8 Å². The second-order valence-electron chi connectivity index (χ2n) is 3.60. The Morgan fingerprint density at radius 1 is 1.56 bits per heavy atom. The summed E-state index contributed by atoms with van der Waals surface area (Å²) in [4.78, 5) is 24.8. The maximum atomic E-state index is 10.9. The number of hydrogen-bond donors (Lipinski definition) is 1. The van der Waals surface area contributed by atoms with Gasteiger partial charge in [0.1, 0.15) is 0 Å². The standard InChI is InChI=1S/C9H9N5O4/c1-5-11-7(14(17)18)8(12(5)2)13-4-6(3-10-13)9(15)16/h3-4H,1-2H3,(H,15,16). The zero-order chi connectivity index (χ0) is 13.4. The van der Waals surface area contributed by atoms with Gasteiger partial charge in [0.2, 0.25) is 11.6 Å². The molecule has 0 atom stereocenters. The summed E-state index contributed by atoms with van der Waals surface area (Å²) in [7, 11) is 1.59. The first-order chi connectivity index (χ1) is 8.41. The van der Waals surface area contributed by atoms with Gasteiger partial charge in [-0.05, 0) is 9.91 Å². The largest absolute Gasteiger partial charge is 0.478 e. The van der Waals surface area contributed by atoms with Crippen molar-refractivity contribution in [1.82, 2.24) is 19.3 Å². The highest BCUT2D eigenvalue weighted by Crippen LogP contribution is 2.22. The predicted octanol–water partition coefficient (Wildman–Crippen LogP) is 0.521. The number of aryl methyl sites for hydroxylation is 1. The summed E-state index contributed by atoms with van der Waals surface area (Å²) in [6.07, 6.45) is 2.32. The molecule has 2 aromatic rings. The fourth-order valence-electron chi connectivity index (χ4n) is 1.51. The van der Waals surface area contributed by atoms with Crippen LogP contribution < -0.4 is 0 Å². The normalized spacial score (nSPS) is 10.6. The van der Waals surface area contributed by atoms with Crippen LogP contribution in [0.2, 0.25) is 0 Å². The summed E-state index contributed by atoms with van der Waals surface area (Å²) in [5.41, 5.74) is -0.0526. The molecule has 0 bridgehead atoms. The van der Waals surface area contributed by atoms with E-state index in [0.29, 0.717) is 5.82 Å². The first-order valence-electron chi connectivity index (χ1n) is 4.88. The summed E-state index contributed by atoms with van der Waals surface area (Å²) in [5, 5.41) is 23.5.